The molecule has 0 aliphatic heterocycles. The van der Waals surface area contributed by atoms with Gasteiger partial charge in [-0.2, -0.15) is 0 Å². The maximum absolute atomic E-state index is 10.2. The van der Waals surface area contributed by atoms with Gasteiger partial charge >= 0.3 is 0 Å². The van der Waals surface area contributed by atoms with E-state index in [1.165, 1.54) is 11.9 Å². The lowest BCUT2D eigenvalue weighted by atomic mass is 10.2. The van der Waals surface area contributed by atoms with E-state index in [1.807, 2.05) is 48.5 Å². The van der Waals surface area contributed by atoms with Crippen molar-refractivity contribution in [3.8, 4) is 0 Å². The highest BCUT2D eigenvalue weighted by atomic mass is 32.2. The number of thiocarbonyl (C=S) groups is 1. The average Bonchev–Trinajstić information content (AvgIpc) is 2.55. The van der Waals surface area contributed by atoms with Gasteiger partial charge in [0.15, 0.2) is 5.11 Å². The third-order valence-corrected chi connectivity index (χ3v) is 3.60. The molecular weight excluding hydrogens is 316 g/mol. The van der Waals surface area contributed by atoms with Crippen molar-refractivity contribution in [1.29, 1.82) is 0 Å². The fraction of sp³-hybridized carbons (Fsp3) is 0.0667. The smallest absolute Gasteiger partial charge is 0.207 e. The van der Waals surface area contributed by atoms with Crippen molar-refractivity contribution >= 4 is 47.1 Å². The second kappa shape index (κ2) is 8.38. The molecule has 0 bridgehead atoms. The lowest BCUT2D eigenvalue weighted by Gasteiger charge is -2.11. The first-order valence-corrected chi connectivity index (χ1v) is 7.81. The summed E-state index contributed by atoms with van der Waals surface area (Å²) in [6.07, 6.45) is 0.680. The predicted molar refractivity (Wildman–Crippen MR) is 95.7 cm³/mol. The van der Waals surface area contributed by atoms with Gasteiger partial charge in [0.1, 0.15) is 0 Å². The Balaban J connectivity index is 1.89. The van der Waals surface area contributed by atoms with Gasteiger partial charge in [-0.15, -0.1) is 0 Å². The predicted octanol–water partition coefficient (Wildman–Crippen LogP) is 2.71. The van der Waals surface area contributed by atoms with Crippen LogP contribution in [0.1, 0.15) is 5.56 Å². The molecule has 7 heteroatoms. The van der Waals surface area contributed by atoms with E-state index in [0.29, 0.717) is 18.1 Å². The van der Waals surface area contributed by atoms with Crippen molar-refractivity contribution < 1.29 is 4.79 Å². The van der Waals surface area contributed by atoms with Crippen molar-refractivity contribution in [3.05, 3.63) is 54.1 Å². The van der Waals surface area contributed by atoms with Gasteiger partial charge < -0.3 is 16.0 Å². The second-order valence-corrected chi connectivity index (χ2v) is 5.53. The van der Waals surface area contributed by atoms with E-state index in [4.69, 9.17) is 17.4 Å². The van der Waals surface area contributed by atoms with Crippen LogP contribution >= 0.6 is 24.2 Å². The zero-order chi connectivity index (χ0) is 15.8. The zero-order valence-electron chi connectivity index (χ0n) is 11.7. The van der Waals surface area contributed by atoms with Gasteiger partial charge in [-0.3, -0.25) is 9.93 Å². The summed E-state index contributed by atoms with van der Waals surface area (Å²) in [7, 11) is 0. The Kier molecular flexibility index (Phi) is 6.20. The number of anilines is 2. The lowest BCUT2D eigenvalue weighted by Crippen LogP contribution is -2.19. The molecule has 5 N–H and O–H groups in total. The van der Waals surface area contributed by atoms with E-state index in [1.54, 1.807) is 0 Å². The summed E-state index contributed by atoms with van der Waals surface area (Å²) < 4.78 is 0. The first-order chi connectivity index (χ1) is 10.7. The highest BCUT2D eigenvalue weighted by molar-refractivity contribution is 7.97. The molecule has 2 aromatic carbocycles. The molecule has 0 aromatic heterocycles. The summed E-state index contributed by atoms with van der Waals surface area (Å²) in [4.78, 5) is 11.2. The molecule has 22 heavy (non-hydrogen) atoms. The van der Waals surface area contributed by atoms with Crippen LogP contribution in [-0.4, -0.2) is 11.5 Å². The maximum atomic E-state index is 10.2. The summed E-state index contributed by atoms with van der Waals surface area (Å²) >= 11 is 6.47. The molecule has 0 spiro atoms. The summed E-state index contributed by atoms with van der Waals surface area (Å²) in [5, 5.41) is 14.8. The van der Waals surface area contributed by atoms with Crippen LogP contribution in [0.2, 0.25) is 0 Å². The van der Waals surface area contributed by atoms with Crippen LogP contribution in [0.25, 0.3) is 0 Å². The Morgan fingerprint density at radius 2 is 1.59 bits per heavy atom. The summed E-state index contributed by atoms with van der Waals surface area (Å²) in [6.45, 7) is 0.512. The van der Waals surface area contributed by atoms with E-state index in [-0.39, 0.29) is 0 Å². The minimum Gasteiger partial charge on any atom is -0.355 e. The Bertz CT molecular complexity index is 629. The third kappa shape index (κ3) is 5.03. The number of hydrogen-bond acceptors (Lipinski definition) is 4. The third-order valence-electron chi connectivity index (χ3n) is 2.85. The molecule has 114 valence electrons. The van der Waals surface area contributed by atoms with Crippen molar-refractivity contribution in [3.63, 3.8) is 0 Å². The Labute approximate surface area is 138 Å². The van der Waals surface area contributed by atoms with Crippen molar-refractivity contribution in [2.45, 2.75) is 11.4 Å². The fourth-order valence-electron chi connectivity index (χ4n) is 1.78. The lowest BCUT2D eigenvalue weighted by molar-refractivity contribution is -0.109. The van der Waals surface area contributed by atoms with Crippen LogP contribution < -0.4 is 21.1 Å². The quantitative estimate of drug-likeness (QED) is 0.370. The van der Waals surface area contributed by atoms with Gasteiger partial charge in [-0.05, 0) is 66.1 Å². The number of hydrogen-bond donors (Lipinski definition) is 4. The molecule has 0 saturated heterocycles. The van der Waals surface area contributed by atoms with E-state index >= 15 is 0 Å². The molecule has 0 atom stereocenters. The van der Waals surface area contributed by atoms with Gasteiger partial charge in [-0.1, -0.05) is 12.1 Å². The molecule has 2 rings (SSSR count). The van der Waals surface area contributed by atoms with E-state index in [2.05, 4.69) is 16.0 Å². The number of carbonyl (C=O) groups is 1. The molecule has 0 radical (unpaired) electrons. The van der Waals surface area contributed by atoms with Gasteiger partial charge in [-0.25, -0.2) is 0 Å². The number of rotatable bonds is 6. The average molecular weight is 332 g/mol. The molecular formula is C15H16N4OS2. The number of benzene rings is 2. The normalized spacial score (nSPS) is 9.86. The molecule has 0 saturated carbocycles. The van der Waals surface area contributed by atoms with Gasteiger partial charge in [0, 0.05) is 22.8 Å². The van der Waals surface area contributed by atoms with E-state index in [9.17, 15) is 4.79 Å². The molecule has 0 aliphatic carbocycles. The summed E-state index contributed by atoms with van der Waals surface area (Å²) in [5.74, 6) is 0. The number of nitrogens with one attached hydrogen (secondary N) is 3. The SMILES string of the molecule is NSc1ccc(NC(=S)Nc2ccc(CNC=O)cc2)cc1. The largest absolute Gasteiger partial charge is 0.355 e. The zero-order valence-corrected chi connectivity index (χ0v) is 13.3. The Morgan fingerprint density at radius 3 is 2.09 bits per heavy atom. The van der Waals surface area contributed by atoms with Crippen LogP contribution in [0.5, 0.6) is 0 Å². The minimum absolute atomic E-state index is 0.506. The molecule has 2 aromatic rings. The minimum atomic E-state index is 0.506. The van der Waals surface area contributed by atoms with Crippen LogP contribution in [-0.2, 0) is 11.3 Å². The summed E-state index contributed by atoms with van der Waals surface area (Å²) in [6, 6.07) is 15.3. The number of amides is 1. The highest BCUT2D eigenvalue weighted by Crippen LogP contribution is 2.16. The van der Waals surface area contributed by atoms with Gasteiger partial charge in [0.05, 0.1) is 0 Å². The van der Waals surface area contributed by atoms with Gasteiger partial charge in [0.2, 0.25) is 6.41 Å². The summed E-state index contributed by atoms with van der Waals surface area (Å²) in [5.41, 5.74) is 2.79. The van der Waals surface area contributed by atoms with Crippen molar-refractivity contribution in [2.24, 2.45) is 5.14 Å². The highest BCUT2D eigenvalue weighted by Gasteiger charge is 2.00. The number of nitrogens with two attached hydrogens (primary N) is 1. The van der Waals surface area contributed by atoms with Crippen LogP contribution in [0.4, 0.5) is 11.4 Å². The van der Waals surface area contributed by atoms with Crippen molar-refractivity contribution in [2.75, 3.05) is 10.6 Å². The molecule has 0 aliphatic rings. The fourth-order valence-corrected chi connectivity index (χ4v) is 2.30. The molecule has 5 nitrogen and oxygen atoms in total. The first kappa shape index (κ1) is 16.3. The van der Waals surface area contributed by atoms with Crippen LogP contribution in [0.3, 0.4) is 0 Å². The van der Waals surface area contributed by atoms with Crippen LogP contribution in [0, 0.1) is 0 Å². The second-order valence-electron chi connectivity index (χ2n) is 4.42. The topological polar surface area (TPSA) is 79.2 Å². The number of carbonyl (C=O) groups excluding carboxylic acids is 1. The molecule has 0 unspecified atom stereocenters. The van der Waals surface area contributed by atoms with E-state index < -0.39 is 0 Å². The molecule has 0 heterocycles. The van der Waals surface area contributed by atoms with Crippen LogP contribution in [0.15, 0.2) is 53.4 Å². The Morgan fingerprint density at radius 1 is 1.05 bits per heavy atom. The van der Waals surface area contributed by atoms with Crippen molar-refractivity contribution in [1.82, 2.24) is 5.32 Å². The Hall–Kier alpha value is -2.09. The standard InChI is InChI=1S/C15H16N4OS2/c16-22-14-7-5-13(6-8-14)19-15(21)18-12-3-1-11(2-4-12)9-17-10-20/h1-8,10H,9,16H2,(H,17,20)(H2,18,19,21). The monoisotopic (exact) mass is 332 g/mol. The molecule has 1 amide bonds. The van der Waals surface area contributed by atoms with Gasteiger partial charge in [0.25, 0.3) is 0 Å². The first-order valence-electron chi connectivity index (χ1n) is 6.52. The molecule has 0 fully saturated rings. The maximum Gasteiger partial charge on any atom is 0.207 e. The van der Waals surface area contributed by atoms with E-state index in [0.717, 1.165) is 21.8 Å².